The topological polar surface area (TPSA) is 127 Å². The summed E-state index contributed by atoms with van der Waals surface area (Å²) in [4.78, 5) is 9.81. The second kappa shape index (κ2) is 5.17. The molecule has 2 rings (SSSR count). The van der Waals surface area contributed by atoms with Gasteiger partial charge in [-0.15, -0.1) is 0 Å². The third kappa shape index (κ3) is 2.69. The number of hydrogen-bond donors (Lipinski definition) is 2. The van der Waals surface area contributed by atoms with Gasteiger partial charge < -0.3 is 4.74 Å². The Bertz CT molecular complexity index is 726. The Labute approximate surface area is 113 Å². The lowest BCUT2D eigenvalue weighted by atomic mass is 10.3. The van der Waals surface area contributed by atoms with Crippen molar-refractivity contribution < 1.29 is 18.1 Å². The lowest BCUT2D eigenvalue weighted by Gasteiger charge is -2.10. The number of ether oxygens (including phenoxy) is 1. The first-order valence-electron chi connectivity index (χ1n) is 5.28. The molecule has 0 saturated carbocycles. The number of nitrogens with one attached hydrogen (secondary N) is 2. The van der Waals surface area contributed by atoms with Gasteiger partial charge in [-0.1, -0.05) is 0 Å². The minimum atomic E-state index is -3.94. The Morgan fingerprint density at radius 2 is 2.15 bits per heavy atom. The van der Waals surface area contributed by atoms with Gasteiger partial charge in [0.15, 0.2) is 0 Å². The van der Waals surface area contributed by atoms with E-state index in [1.165, 1.54) is 19.4 Å². The summed E-state index contributed by atoms with van der Waals surface area (Å²) in [5, 5.41) is 16.7. The number of sulfonamides is 1. The van der Waals surface area contributed by atoms with Gasteiger partial charge in [-0.2, -0.15) is 5.10 Å². The molecule has 2 N–H and O–H groups in total. The molecule has 1 heterocycles. The number of rotatable bonds is 5. The van der Waals surface area contributed by atoms with Gasteiger partial charge in [0.2, 0.25) is 0 Å². The van der Waals surface area contributed by atoms with Crippen molar-refractivity contribution in [3.8, 4) is 5.75 Å². The Balaban J connectivity index is 2.43. The average Bonchev–Trinajstić information content (AvgIpc) is 2.89. The van der Waals surface area contributed by atoms with Crippen LogP contribution in [0, 0.1) is 10.1 Å². The number of nitro benzene ring substituents is 1. The second-order valence-electron chi connectivity index (χ2n) is 3.67. The van der Waals surface area contributed by atoms with E-state index in [9.17, 15) is 18.5 Å². The van der Waals surface area contributed by atoms with E-state index in [0.717, 1.165) is 18.2 Å². The molecule has 106 valence electrons. The van der Waals surface area contributed by atoms with Crippen molar-refractivity contribution in [2.75, 3.05) is 11.8 Å². The standard InChI is InChI=1S/C10H10N4O5S/c1-19-8-6-7(14(15)16)2-3-9(8)20(17,18)13-10-4-5-11-12-10/h2-6H,1H3,(H2,11,12,13). The van der Waals surface area contributed by atoms with Crippen molar-refractivity contribution in [2.24, 2.45) is 0 Å². The van der Waals surface area contributed by atoms with Crippen LogP contribution in [0.25, 0.3) is 0 Å². The fourth-order valence-electron chi connectivity index (χ4n) is 1.50. The predicted octanol–water partition coefficient (Wildman–Crippen LogP) is 1.13. The Hall–Kier alpha value is -2.62. The first-order valence-corrected chi connectivity index (χ1v) is 6.77. The number of aromatic amines is 1. The van der Waals surface area contributed by atoms with Crippen LogP contribution in [-0.2, 0) is 10.0 Å². The molecule has 0 bridgehead atoms. The maximum atomic E-state index is 12.2. The minimum absolute atomic E-state index is 0.119. The maximum absolute atomic E-state index is 12.2. The number of H-pyrrole nitrogens is 1. The highest BCUT2D eigenvalue weighted by Crippen LogP contribution is 2.29. The molecule has 0 amide bonds. The quantitative estimate of drug-likeness (QED) is 0.629. The van der Waals surface area contributed by atoms with Crippen LogP contribution in [0.5, 0.6) is 5.75 Å². The van der Waals surface area contributed by atoms with E-state index >= 15 is 0 Å². The molecule has 0 unspecified atom stereocenters. The number of hydrogen-bond acceptors (Lipinski definition) is 6. The van der Waals surface area contributed by atoms with Gasteiger partial charge in [-0.05, 0) is 6.07 Å². The molecule has 9 nitrogen and oxygen atoms in total. The minimum Gasteiger partial charge on any atom is -0.495 e. The monoisotopic (exact) mass is 298 g/mol. The van der Waals surface area contributed by atoms with E-state index in [4.69, 9.17) is 4.74 Å². The molecule has 20 heavy (non-hydrogen) atoms. The molecule has 0 saturated heterocycles. The summed E-state index contributed by atoms with van der Waals surface area (Å²) in [5.41, 5.74) is -0.262. The summed E-state index contributed by atoms with van der Waals surface area (Å²) < 4.78 is 31.4. The van der Waals surface area contributed by atoms with Crippen molar-refractivity contribution in [1.29, 1.82) is 0 Å². The van der Waals surface area contributed by atoms with Crippen molar-refractivity contribution in [3.05, 3.63) is 40.6 Å². The van der Waals surface area contributed by atoms with Crippen molar-refractivity contribution in [2.45, 2.75) is 4.90 Å². The van der Waals surface area contributed by atoms with Crippen LogP contribution in [0.3, 0.4) is 0 Å². The first kappa shape index (κ1) is 13.8. The molecule has 0 aliphatic heterocycles. The Morgan fingerprint density at radius 1 is 1.40 bits per heavy atom. The predicted molar refractivity (Wildman–Crippen MR) is 69.0 cm³/mol. The largest absolute Gasteiger partial charge is 0.495 e. The molecular weight excluding hydrogens is 288 g/mol. The molecule has 0 atom stereocenters. The van der Waals surface area contributed by atoms with Crippen LogP contribution in [0.2, 0.25) is 0 Å². The van der Waals surface area contributed by atoms with E-state index in [1.807, 2.05) is 0 Å². The summed E-state index contributed by atoms with van der Waals surface area (Å²) >= 11 is 0. The van der Waals surface area contributed by atoms with Gasteiger partial charge in [-0.3, -0.25) is 19.9 Å². The van der Waals surface area contributed by atoms with E-state index in [2.05, 4.69) is 14.9 Å². The van der Waals surface area contributed by atoms with Crippen LogP contribution in [0.15, 0.2) is 35.4 Å². The van der Waals surface area contributed by atoms with E-state index in [-0.39, 0.29) is 22.2 Å². The number of nitrogens with zero attached hydrogens (tertiary/aromatic N) is 2. The van der Waals surface area contributed by atoms with Crippen molar-refractivity contribution >= 4 is 21.5 Å². The van der Waals surface area contributed by atoms with Gasteiger partial charge in [0.05, 0.1) is 24.3 Å². The normalized spacial score (nSPS) is 11.1. The third-order valence-electron chi connectivity index (χ3n) is 2.39. The molecule has 0 radical (unpaired) electrons. The zero-order valence-corrected chi connectivity index (χ0v) is 11.0. The lowest BCUT2D eigenvalue weighted by molar-refractivity contribution is -0.385. The molecule has 1 aromatic heterocycles. The lowest BCUT2D eigenvalue weighted by Crippen LogP contribution is -2.14. The zero-order chi connectivity index (χ0) is 14.8. The third-order valence-corrected chi connectivity index (χ3v) is 3.80. The highest BCUT2D eigenvalue weighted by molar-refractivity contribution is 7.92. The molecule has 1 aromatic carbocycles. The van der Waals surface area contributed by atoms with Gasteiger partial charge in [0.25, 0.3) is 15.7 Å². The van der Waals surface area contributed by atoms with Crippen LogP contribution in [0.4, 0.5) is 11.5 Å². The highest BCUT2D eigenvalue weighted by atomic mass is 32.2. The Morgan fingerprint density at radius 3 is 2.70 bits per heavy atom. The van der Waals surface area contributed by atoms with Gasteiger partial charge in [-0.25, -0.2) is 8.42 Å². The summed E-state index contributed by atoms with van der Waals surface area (Å²) in [6.07, 6.45) is 1.38. The van der Waals surface area contributed by atoms with Crippen LogP contribution in [-0.4, -0.2) is 30.6 Å². The molecule has 0 aliphatic carbocycles. The van der Waals surface area contributed by atoms with E-state index < -0.39 is 14.9 Å². The van der Waals surface area contributed by atoms with E-state index in [1.54, 1.807) is 0 Å². The number of nitro groups is 1. The summed E-state index contributed by atoms with van der Waals surface area (Å²) in [6.45, 7) is 0. The first-order chi connectivity index (χ1) is 9.44. The number of aromatic nitrogens is 2. The highest BCUT2D eigenvalue weighted by Gasteiger charge is 2.22. The van der Waals surface area contributed by atoms with Crippen LogP contribution < -0.4 is 9.46 Å². The number of methoxy groups -OCH3 is 1. The second-order valence-corrected chi connectivity index (χ2v) is 5.32. The average molecular weight is 298 g/mol. The number of benzene rings is 1. The molecule has 0 aliphatic rings. The Kier molecular flexibility index (Phi) is 3.57. The summed E-state index contributed by atoms with van der Waals surface area (Å²) in [6, 6.07) is 4.66. The SMILES string of the molecule is COc1cc([N+](=O)[O-])ccc1S(=O)(=O)Nc1ccn[nH]1. The van der Waals surface area contributed by atoms with Crippen molar-refractivity contribution in [1.82, 2.24) is 10.2 Å². The maximum Gasteiger partial charge on any atom is 0.273 e. The smallest absolute Gasteiger partial charge is 0.273 e. The fourth-order valence-corrected chi connectivity index (χ4v) is 2.67. The number of non-ortho nitro benzene ring substituents is 1. The van der Waals surface area contributed by atoms with Gasteiger partial charge in [0, 0.05) is 12.1 Å². The molecule has 10 heteroatoms. The van der Waals surface area contributed by atoms with Crippen LogP contribution >= 0.6 is 0 Å². The van der Waals surface area contributed by atoms with E-state index in [0.29, 0.717) is 0 Å². The molecule has 0 fully saturated rings. The zero-order valence-electron chi connectivity index (χ0n) is 10.2. The fraction of sp³-hybridized carbons (Fsp3) is 0.100. The molecular formula is C10H10N4O5S. The van der Waals surface area contributed by atoms with Gasteiger partial charge >= 0.3 is 0 Å². The summed E-state index contributed by atoms with van der Waals surface area (Å²) in [5.74, 6) is 0.0524. The van der Waals surface area contributed by atoms with Crippen LogP contribution in [0.1, 0.15) is 0 Å². The van der Waals surface area contributed by atoms with Crippen molar-refractivity contribution in [3.63, 3.8) is 0 Å². The molecule has 2 aromatic rings. The molecule has 0 spiro atoms. The number of anilines is 1. The summed E-state index contributed by atoms with van der Waals surface area (Å²) in [7, 11) is -2.71. The van der Waals surface area contributed by atoms with Gasteiger partial charge in [0.1, 0.15) is 16.5 Å².